The number of aromatic nitrogens is 1. The maximum atomic E-state index is 13.0. The van der Waals surface area contributed by atoms with Crippen LogP contribution in [0.3, 0.4) is 0 Å². The Morgan fingerprint density at radius 1 is 1.43 bits per heavy atom. The van der Waals surface area contributed by atoms with Crippen LogP contribution in [0.5, 0.6) is 0 Å². The maximum Gasteiger partial charge on any atom is 0.420 e. The number of hydrogen-bond acceptors (Lipinski definition) is 7. The topological polar surface area (TPSA) is 115 Å². The number of carbonyl (C=O) groups is 1. The van der Waals surface area contributed by atoms with E-state index in [1.54, 1.807) is 29.2 Å². The second-order valence-corrected chi connectivity index (χ2v) is 6.79. The number of aliphatic hydroxyl groups excluding tert-OH is 1. The molecule has 1 saturated heterocycles. The molecule has 30 heavy (non-hydrogen) atoms. The average molecular weight is 423 g/mol. The van der Waals surface area contributed by atoms with Gasteiger partial charge in [0.2, 0.25) is 0 Å². The lowest BCUT2D eigenvalue weighted by Crippen LogP contribution is -2.39. The van der Waals surface area contributed by atoms with Gasteiger partial charge in [-0.3, -0.25) is 10.2 Å². The molecule has 1 fully saturated rings. The van der Waals surface area contributed by atoms with E-state index in [4.69, 9.17) is 9.93 Å². The Morgan fingerprint density at radius 3 is 2.93 bits per heavy atom. The van der Waals surface area contributed by atoms with Crippen molar-refractivity contribution in [2.45, 2.75) is 31.0 Å². The zero-order valence-electron chi connectivity index (χ0n) is 15.8. The summed E-state index contributed by atoms with van der Waals surface area (Å²) in [7, 11) is 0. The summed E-state index contributed by atoms with van der Waals surface area (Å²) >= 11 is 0. The van der Waals surface area contributed by atoms with Crippen LogP contribution >= 0.6 is 0 Å². The molecule has 1 amide bonds. The van der Waals surface area contributed by atoms with Crippen LogP contribution in [0, 0.1) is 5.41 Å². The highest BCUT2D eigenvalue weighted by Crippen LogP contribution is 2.35. The summed E-state index contributed by atoms with van der Waals surface area (Å²) in [5.74, 6) is -0.392. The van der Waals surface area contributed by atoms with Crippen LogP contribution in [0.4, 0.5) is 18.9 Å². The van der Waals surface area contributed by atoms with Gasteiger partial charge in [-0.25, -0.2) is 0 Å². The van der Waals surface area contributed by atoms with Gasteiger partial charge in [-0.1, -0.05) is 17.3 Å². The molecular formula is C19H20F3N5O3. The fourth-order valence-corrected chi connectivity index (χ4v) is 3.27. The molecule has 160 valence electrons. The third-order valence-corrected chi connectivity index (χ3v) is 4.74. The predicted molar refractivity (Wildman–Crippen MR) is 103 cm³/mol. The number of benzene rings is 1. The van der Waals surface area contributed by atoms with Gasteiger partial charge in [0, 0.05) is 31.3 Å². The Balaban J connectivity index is 1.74. The molecule has 0 spiro atoms. The SMILES string of the molecule is N=C/C=N\Nc1ccccc1C(=O)N1CCC[C@@H](c2cc([C@H](O)C(F)(F)F)no2)C1. The van der Waals surface area contributed by atoms with Crippen molar-refractivity contribution in [1.82, 2.24) is 10.1 Å². The molecule has 3 N–H and O–H groups in total. The van der Waals surface area contributed by atoms with Gasteiger partial charge in [-0.05, 0) is 25.0 Å². The van der Waals surface area contributed by atoms with Gasteiger partial charge >= 0.3 is 6.18 Å². The number of carbonyl (C=O) groups excluding carboxylic acids is 1. The molecule has 0 radical (unpaired) electrons. The van der Waals surface area contributed by atoms with E-state index < -0.39 is 18.0 Å². The lowest BCUT2D eigenvalue weighted by molar-refractivity contribution is -0.208. The summed E-state index contributed by atoms with van der Waals surface area (Å²) in [6.07, 6.45) is -4.07. The molecule has 0 aliphatic carbocycles. The van der Waals surface area contributed by atoms with Crippen molar-refractivity contribution in [3.8, 4) is 0 Å². The maximum absolute atomic E-state index is 13.0. The smallest absolute Gasteiger partial charge is 0.378 e. The number of amides is 1. The molecule has 8 nitrogen and oxygen atoms in total. The van der Waals surface area contributed by atoms with E-state index in [9.17, 15) is 23.1 Å². The van der Waals surface area contributed by atoms with Gasteiger partial charge in [-0.15, -0.1) is 0 Å². The van der Waals surface area contributed by atoms with Crippen LogP contribution in [-0.2, 0) is 0 Å². The summed E-state index contributed by atoms with van der Waals surface area (Å²) < 4.78 is 43.1. The fourth-order valence-electron chi connectivity index (χ4n) is 3.27. The molecule has 1 aliphatic rings. The summed E-state index contributed by atoms with van der Waals surface area (Å²) in [5.41, 5.74) is 2.97. The normalized spacial score (nSPS) is 18.4. The van der Waals surface area contributed by atoms with Gasteiger partial charge in [0.25, 0.3) is 5.91 Å². The number of likely N-dealkylation sites (tertiary alicyclic amines) is 1. The van der Waals surface area contributed by atoms with Crippen LogP contribution in [0.15, 0.2) is 40.0 Å². The number of piperidine rings is 1. The van der Waals surface area contributed by atoms with E-state index in [2.05, 4.69) is 15.7 Å². The van der Waals surface area contributed by atoms with Crippen molar-refractivity contribution in [2.75, 3.05) is 18.5 Å². The Hall–Kier alpha value is -3.21. The Bertz CT molecular complexity index is 928. The second kappa shape index (κ2) is 9.08. The van der Waals surface area contributed by atoms with Gasteiger partial charge in [0.15, 0.2) is 6.10 Å². The molecule has 0 unspecified atom stereocenters. The van der Waals surface area contributed by atoms with Crippen LogP contribution < -0.4 is 5.43 Å². The average Bonchev–Trinajstić information content (AvgIpc) is 3.23. The molecule has 1 aliphatic heterocycles. The molecular weight excluding hydrogens is 403 g/mol. The highest BCUT2D eigenvalue weighted by atomic mass is 19.4. The fraction of sp³-hybridized carbons (Fsp3) is 0.368. The number of hydrogen-bond donors (Lipinski definition) is 3. The lowest BCUT2D eigenvalue weighted by Gasteiger charge is -2.32. The summed E-state index contributed by atoms with van der Waals surface area (Å²) in [4.78, 5) is 14.6. The summed E-state index contributed by atoms with van der Waals surface area (Å²) in [6.45, 7) is 0.729. The Kier molecular flexibility index (Phi) is 6.50. The predicted octanol–water partition coefficient (Wildman–Crippen LogP) is 3.34. The van der Waals surface area contributed by atoms with Crippen LogP contribution in [0.1, 0.15) is 46.7 Å². The minimum Gasteiger partial charge on any atom is -0.378 e. The third kappa shape index (κ3) is 4.85. The molecule has 11 heteroatoms. The highest BCUT2D eigenvalue weighted by Gasteiger charge is 2.42. The lowest BCUT2D eigenvalue weighted by atomic mass is 9.94. The number of rotatable bonds is 6. The number of hydrazone groups is 1. The van der Waals surface area contributed by atoms with Crippen molar-refractivity contribution >= 4 is 24.0 Å². The van der Waals surface area contributed by atoms with Crippen molar-refractivity contribution < 1.29 is 27.6 Å². The van der Waals surface area contributed by atoms with Crippen LogP contribution in [0.2, 0.25) is 0 Å². The van der Waals surface area contributed by atoms with E-state index in [0.717, 1.165) is 12.3 Å². The third-order valence-electron chi connectivity index (χ3n) is 4.74. The number of aliphatic hydroxyl groups is 1. The largest absolute Gasteiger partial charge is 0.420 e. The molecule has 2 atom stereocenters. The van der Waals surface area contributed by atoms with Crippen LogP contribution in [-0.4, -0.2) is 52.8 Å². The molecule has 0 bridgehead atoms. The van der Waals surface area contributed by atoms with Gasteiger partial charge in [-0.2, -0.15) is 18.3 Å². The summed E-state index contributed by atoms with van der Waals surface area (Å²) in [5, 5.41) is 23.5. The Labute approximate surface area is 169 Å². The second-order valence-electron chi connectivity index (χ2n) is 6.79. The van der Waals surface area contributed by atoms with Crippen LogP contribution in [0.25, 0.3) is 0 Å². The molecule has 0 saturated carbocycles. The first-order valence-electron chi connectivity index (χ1n) is 9.19. The quantitative estimate of drug-likeness (QED) is 0.487. The van der Waals surface area contributed by atoms with E-state index in [0.29, 0.717) is 30.6 Å². The number of nitrogens with zero attached hydrogens (tertiary/aromatic N) is 3. The number of nitrogens with one attached hydrogen (secondary N) is 2. The summed E-state index contributed by atoms with van der Waals surface area (Å²) in [6, 6.07) is 7.86. The molecule has 1 aromatic carbocycles. The molecule has 1 aromatic heterocycles. The van der Waals surface area contributed by atoms with Crippen molar-refractivity contribution in [3.05, 3.63) is 47.3 Å². The first-order chi connectivity index (χ1) is 14.3. The standard InChI is InChI=1S/C19H20F3N5O3/c20-19(21,22)17(28)15-10-16(30-26-15)12-4-3-9-27(11-12)18(29)13-5-1-2-6-14(13)25-24-8-7-23/h1-2,5-8,10,12,17,23,25,28H,3-4,9,11H2/b23-7?,24-8-/t12-,17+/m1/s1. The van der Waals surface area contributed by atoms with Gasteiger partial charge in [0.05, 0.1) is 17.5 Å². The van der Waals surface area contributed by atoms with Crippen molar-refractivity contribution in [1.29, 1.82) is 5.41 Å². The molecule has 2 heterocycles. The van der Waals surface area contributed by atoms with Crippen molar-refractivity contribution in [3.63, 3.8) is 0 Å². The minimum absolute atomic E-state index is 0.202. The highest BCUT2D eigenvalue weighted by molar-refractivity contribution is 6.14. The number of alkyl halides is 3. The molecule has 3 rings (SSSR count). The number of halogens is 3. The monoisotopic (exact) mass is 423 g/mol. The van der Waals surface area contributed by atoms with E-state index >= 15 is 0 Å². The number of para-hydroxylation sites is 1. The van der Waals surface area contributed by atoms with Gasteiger partial charge < -0.3 is 19.9 Å². The minimum atomic E-state index is -4.83. The Morgan fingerprint density at radius 2 is 2.20 bits per heavy atom. The van der Waals surface area contributed by atoms with E-state index in [-0.39, 0.29) is 24.1 Å². The number of anilines is 1. The zero-order chi connectivity index (χ0) is 21.7. The zero-order valence-corrected chi connectivity index (χ0v) is 15.8. The first kappa shape index (κ1) is 21.5. The van der Waals surface area contributed by atoms with Crippen molar-refractivity contribution in [2.24, 2.45) is 5.10 Å². The van der Waals surface area contributed by atoms with E-state index in [1.165, 1.54) is 6.21 Å². The van der Waals surface area contributed by atoms with E-state index in [1.807, 2.05) is 0 Å². The van der Waals surface area contributed by atoms with Gasteiger partial charge in [0.1, 0.15) is 11.5 Å². The molecule has 2 aromatic rings. The first-order valence-corrected chi connectivity index (χ1v) is 9.19.